The lowest BCUT2D eigenvalue weighted by Crippen LogP contribution is -2.24. The van der Waals surface area contributed by atoms with Gasteiger partial charge >= 0.3 is 0 Å². The minimum absolute atomic E-state index is 0.804. The van der Waals surface area contributed by atoms with Gasteiger partial charge in [0.1, 0.15) is 0 Å². The van der Waals surface area contributed by atoms with Gasteiger partial charge in [-0.25, -0.2) is 0 Å². The van der Waals surface area contributed by atoms with Crippen LogP contribution in [0.1, 0.15) is 72.1 Å². The predicted molar refractivity (Wildman–Crippen MR) is 103 cm³/mol. The first kappa shape index (κ1) is 18.3. The summed E-state index contributed by atoms with van der Waals surface area (Å²) in [6.45, 7) is 10.9. The summed E-state index contributed by atoms with van der Waals surface area (Å²) in [5.41, 5.74) is 3.26. The van der Waals surface area contributed by atoms with Crippen molar-refractivity contribution < 1.29 is 0 Å². The molecule has 0 aliphatic heterocycles. The van der Waals surface area contributed by atoms with E-state index in [-0.39, 0.29) is 0 Å². The summed E-state index contributed by atoms with van der Waals surface area (Å²) in [6, 6.07) is 0. The smallest absolute Gasteiger partial charge is 0.0189 e. The Morgan fingerprint density at radius 1 is 0.870 bits per heavy atom. The minimum atomic E-state index is 0.804. The van der Waals surface area contributed by atoms with E-state index < -0.39 is 0 Å². The molecule has 0 aromatic heterocycles. The first-order valence-corrected chi connectivity index (χ1v) is 9.81. The van der Waals surface area contributed by atoms with Crippen LogP contribution in [0.25, 0.3) is 0 Å². The SMILES string of the molecule is C=C\C=C/C(/C=C\C)=C(/C1CCC(C)CC1)C1CCCC(C)C1. The Morgan fingerprint density at radius 3 is 2.22 bits per heavy atom. The van der Waals surface area contributed by atoms with Crippen molar-refractivity contribution in [3.05, 3.63) is 48.1 Å². The van der Waals surface area contributed by atoms with Gasteiger partial charge in [-0.3, -0.25) is 0 Å². The Labute approximate surface area is 144 Å². The van der Waals surface area contributed by atoms with Gasteiger partial charge in [-0.15, -0.1) is 0 Å². The van der Waals surface area contributed by atoms with E-state index >= 15 is 0 Å². The number of allylic oxidation sites excluding steroid dienone is 7. The van der Waals surface area contributed by atoms with Gasteiger partial charge < -0.3 is 0 Å². The van der Waals surface area contributed by atoms with Crippen LogP contribution in [0.3, 0.4) is 0 Å². The van der Waals surface area contributed by atoms with Gasteiger partial charge in [-0.1, -0.05) is 82.1 Å². The maximum Gasteiger partial charge on any atom is -0.0189 e. The summed E-state index contributed by atoms with van der Waals surface area (Å²) < 4.78 is 0. The van der Waals surface area contributed by atoms with Gasteiger partial charge in [0.15, 0.2) is 0 Å². The fourth-order valence-corrected chi connectivity index (χ4v) is 4.69. The molecule has 0 heterocycles. The molecule has 0 saturated heterocycles. The molecule has 2 aliphatic carbocycles. The van der Waals surface area contributed by atoms with Crippen LogP contribution in [0.4, 0.5) is 0 Å². The zero-order chi connectivity index (χ0) is 16.7. The molecule has 0 aromatic rings. The van der Waals surface area contributed by atoms with E-state index in [4.69, 9.17) is 0 Å². The summed E-state index contributed by atoms with van der Waals surface area (Å²) in [5, 5.41) is 0. The lowest BCUT2D eigenvalue weighted by molar-refractivity contribution is 0.258. The highest BCUT2D eigenvalue weighted by Gasteiger charge is 2.30. The first-order chi connectivity index (χ1) is 11.2. The summed E-state index contributed by atoms with van der Waals surface area (Å²) >= 11 is 0. The quantitative estimate of drug-likeness (QED) is 0.469. The van der Waals surface area contributed by atoms with Crippen molar-refractivity contribution >= 4 is 0 Å². The second-order valence-electron chi connectivity index (χ2n) is 7.93. The van der Waals surface area contributed by atoms with E-state index in [1.165, 1.54) is 56.9 Å². The van der Waals surface area contributed by atoms with E-state index in [0.29, 0.717) is 0 Å². The molecule has 2 aliphatic rings. The fraction of sp³-hybridized carbons (Fsp3) is 0.652. The lowest BCUT2D eigenvalue weighted by Gasteiger charge is -2.37. The largest absolute Gasteiger partial charge is 0.0991 e. The monoisotopic (exact) mass is 312 g/mol. The molecular weight excluding hydrogens is 276 g/mol. The highest BCUT2D eigenvalue weighted by molar-refractivity contribution is 5.39. The molecule has 0 heteroatoms. The van der Waals surface area contributed by atoms with Crippen LogP contribution < -0.4 is 0 Å². The maximum atomic E-state index is 3.87. The third kappa shape index (κ3) is 5.23. The molecule has 23 heavy (non-hydrogen) atoms. The van der Waals surface area contributed by atoms with Crippen LogP contribution in [-0.2, 0) is 0 Å². The summed E-state index contributed by atoms with van der Waals surface area (Å²) in [7, 11) is 0. The van der Waals surface area contributed by atoms with E-state index in [1.807, 2.05) is 6.08 Å². The molecule has 0 N–H and O–H groups in total. The summed E-state index contributed by atoms with van der Waals surface area (Å²) in [5.74, 6) is 3.42. The van der Waals surface area contributed by atoms with E-state index in [1.54, 1.807) is 5.57 Å². The van der Waals surface area contributed by atoms with Crippen LogP contribution in [0.15, 0.2) is 48.1 Å². The van der Waals surface area contributed by atoms with Crippen molar-refractivity contribution in [2.75, 3.05) is 0 Å². The Kier molecular flexibility index (Phi) is 7.40. The van der Waals surface area contributed by atoms with Crippen molar-refractivity contribution in [1.82, 2.24) is 0 Å². The molecule has 128 valence electrons. The van der Waals surface area contributed by atoms with Crippen LogP contribution in [-0.4, -0.2) is 0 Å². The molecule has 0 spiro atoms. The van der Waals surface area contributed by atoms with Gasteiger partial charge in [-0.2, -0.15) is 0 Å². The minimum Gasteiger partial charge on any atom is -0.0991 e. The lowest BCUT2D eigenvalue weighted by atomic mass is 9.68. The normalized spacial score (nSPS) is 33.9. The van der Waals surface area contributed by atoms with Gasteiger partial charge in [0.05, 0.1) is 0 Å². The van der Waals surface area contributed by atoms with Crippen molar-refractivity contribution in [1.29, 1.82) is 0 Å². The van der Waals surface area contributed by atoms with Gasteiger partial charge in [0.2, 0.25) is 0 Å². The molecule has 2 saturated carbocycles. The number of hydrogen-bond donors (Lipinski definition) is 0. The van der Waals surface area contributed by atoms with E-state index in [0.717, 1.165) is 23.7 Å². The van der Waals surface area contributed by atoms with E-state index in [9.17, 15) is 0 Å². The molecule has 0 radical (unpaired) electrons. The average molecular weight is 313 g/mol. The van der Waals surface area contributed by atoms with Crippen molar-refractivity contribution in [2.45, 2.75) is 72.1 Å². The predicted octanol–water partition coefficient (Wildman–Crippen LogP) is 7.25. The van der Waals surface area contributed by atoms with Crippen LogP contribution in [0, 0.1) is 23.7 Å². The molecular formula is C23H36. The third-order valence-electron chi connectivity index (χ3n) is 5.92. The molecule has 2 fully saturated rings. The highest BCUT2D eigenvalue weighted by Crippen LogP contribution is 2.43. The number of hydrogen-bond acceptors (Lipinski definition) is 0. The molecule has 2 unspecified atom stereocenters. The van der Waals surface area contributed by atoms with Crippen LogP contribution in [0.2, 0.25) is 0 Å². The van der Waals surface area contributed by atoms with Crippen LogP contribution in [0.5, 0.6) is 0 Å². The van der Waals surface area contributed by atoms with E-state index in [2.05, 4.69) is 51.7 Å². The third-order valence-corrected chi connectivity index (χ3v) is 5.92. The molecule has 0 amide bonds. The molecule has 0 nitrogen and oxygen atoms in total. The second kappa shape index (κ2) is 9.30. The molecule has 2 atom stereocenters. The summed E-state index contributed by atoms with van der Waals surface area (Å²) in [4.78, 5) is 0. The highest BCUT2D eigenvalue weighted by atomic mass is 14.4. The second-order valence-corrected chi connectivity index (χ2v) is 7.93. The Morgan fingerprint density at radius 2 is 1.61 bits per heavy atom. The van der Waals surface area contributed by atoms with Crippen molar-refractivity contribution in [3.63, 3.8) is 0 Å². The Balaban J connectivity index is 2.35. The van der Waals surface area contributed by atoms with Gasteiger partial charge in [0, 0.05) is 0 Å². The average Bonchev–Trinajstić information content (AvgIpc) is 2.55. The Bertz CT molecular complexity index is 454. The standard InChI is InChI=1S/C23H36/c1-5-7-11-20(9-6-2)23(21-15-13-18(3)14-16-21)22-12-8-10-19(4)17-22/h5-7,9,11,18-19,21-22H,1,8,10,12-17H2,2-4H3/b9-6-,11-7-,23-20-. The van der Waals surface area contributed by atoms with Crippen LogP contribution >= 0.6 is 0 Å². The van der Waals surface area contributed by atoms with Crippen molar-refractivity contribution in [3.8, 4) is 0 Å². The fourth-order valence-electron chi connectivity index (χ4n) is 4.69. The maximum absolute atomic E-state index is 3.87. The van der Waals surface area contributed by atoms with Gasteiger partial charge in [0.25, 0.3) is 0 Å². The zero-order valence-electron chi connectivity index (χ0n) is 15.6. The molecule has 0 bridgehead atoms. The van der Waals surface area contributed by atoms with Crippen molar-refractivity contribution in [2.24, 2.45) is 23.7 Å². The number of rotatable bonds is 5. The molecule has 0 aromatic carbocycles. The summed E-state index contributed by atoms with van der Waals surface area (Å²) in [6.07, 6.45) is 22.1. The zero-order valence-corrected chi connectivity index (χ0v) is 15.6. The van der Waals surface area contributed by atoms with Gasteiger partial charge in [-0.05, 0) is 61.9 Å². The Hall–Kier alpha value is -1.04. The molecule has 2 rings (SSSR count). The topological polar surface area (TPSA) is 0 Å². The first-order valence-electron chi connectivity index (χ1n) is 9.81.